The second-order valence-electron chi connectivity index (χ2n) is 6.07. The SMILES string of the molecule is C=C(Cc1cccc(CN)c1)c1cnc(N2CCNCC2)c(Cl)c1.Cl. The van der Waals surface area contributed by atoms with Crippen molar-refractivity contribution in [1.29, 1.82) is 0 Å². The summed E-state index contributed by atoms with van der Waals surface area (Å²) >= 11 is 6.48. The Morgan fingerprint density at radius 3 is 2.64 bits per heavy atom. The number of piperazine rings is 1. The molecule has 0 saturated carbocycles. The maximum Gasteiger partial charge on any atom is 0.147 e. The predicted molar refractivity (Wildman–Crippen MR) is 109 cm³/mol. The van der Waals surface area contributed by atoms with Gasteiger partial charge in [-0.25, -0.2) is 4.98 Å². The van der Waals surface area contributed by atoms with Gasteiger partial charge in [0.05, 0.1) is 5.02 Å². The molecule has 0 unspecified atom stereocenters. The first-order valence-corrected chi connectivity index (χ1v) is 8.62. The zero-order valence-electron chi connectivity index (χ0n) is 14.2. The van der Waals surface area contributed by atoms with Crippen molar-refractivity contribution in [3.05, 3.63) is 64.8 Å². The summed E-state index contributed by atoms with van der Waals surface area (Å²) in [4.78, 5) is 6.80. The second-order valence-corrected chi connectivity index (χ2v) is 6.48. The molecule has 0 aliphatic carbocycles. The van der Waals surface area contributed by atoms with Crippen molar-refractivity contribution in [2.45, 2.75) is 13.0 Å². The topological polar surface area (TPSA) is 54.2 Å². The van der Waals surface area contributed by atoms with E-state index < -0.39 is 0 Å². The number of nitrogens with two attached hydrogens (primary N) is 1. The van der Waals surface area contributed by atoms with Gasteiger partial charge in [-0.3, -0.25) is 0 Å². The molecule has 3 N–H and O–H groups in total. The lowest BCUT2D eigenvalue weighted by Gasteiger charge is -2.29. The molecule has 134 valence electrons. The van der Waals surface area contributed by atoms with E-state index in [1.165, 1.54) is 5.56 Å². The number of anilines is 1. The summed E-state index contributed by atoms with van der Waals surface area (Å²) < 4.78 is 0. The molecule has 2 heterocycles. The number of nitrogens with zero attached hydrogens (tertiary/aromatic N) is 2. The number of hydrogen-bond acceptors (Lipinski definition) is 4. The Hall–Kier alpha value is -1.59. The van der Waals surface area contributed by atoms with E-state index in [0.717, 1.165) is 55.1 Å². The van der Waals surface area contributed by atoms with Crippen LogP contribution in [-0.2, 0) is 13.0 Å². The van der Waals surface area contributed by atoms with E-state index in [4.69, 9.17) is 17.3 Å². The Morgan fingerprint density at radius 2 is 1.96 bits per heavy atom. The molecule has 1 saturated heterocycles. The van der Waals surface area contributed by atoms with Crippen molar-refractivity contribution < 1.29 is 0 Å². The van der Waals surface area contributed by atoms with Gasteiger partial charge in [0.1, 0.15) is 5.82 Å². The van der Waals surface area contributed by atoms with Gasteiger partial charge in [-0.05, 0) is 34.8 Å². The van der Waals surface area contributed by atoms with Gasteiger partial charge in [0.2, 0.25) is 0 Å². The molecular formula is C19H24Cl2N4. The lowest BCUT2D eigenvalue weighted by molar-refractivity contribution is 0.585. The molecule has 4 nitrogen and oxygen atoms in total. The number of allylic oxidation sites excluding steroid dienone is 1. The summed E-state index contributed by atoms with van der Waals surface area (Å²) in [5, 5.41) is 4.02. The minimum absolute atomic E-state index is 0. The average molecular weight is 379 g/mol. The highest BCUT2D eigenvalue weighted by Crippen LogP contribution is 2.28. The molecule has 1 aliphatic heterocycles. The van der Waals surface area contributed by atoms with Crippen LogP contribution in [0.4, 0.5) is 5.82 Å². The molecule has 0 atom stereocenters. The Labute approximate surface area is 160 Å². The first-order valence-electron chi connectivity index (χ1n) is 8.24. The summed E-state index contributed by atoms with van der Waals surface area (Å²) in [6, 6.07) is 10.3. The fourth-order valence-corrected chi connectivity index (χ4v) is 3.23. The molecule has 6 heteroatoms. The van der Waals surface area contributed by atoms with E-state index in [-0.39, 0.29) is 12.4 Å². The van der Waals surface area contributed by atoms with Crippen LogP contribution in [0.2, 0.25) is 5.02 Å². The molecule has 0 bridgehead atoms. The lowest BCUT2D eigenvalue weighted by Crippen LogP contribution is -2.44. The molecule has 1 aromatic carbocycles. The van der Waals surface area contributed by atoms with Crippen LogP contribution >= 0.6 is 24.0 Å². The van der Waals surface area contributed by atoms with Crippen LogP contribution in [0.3, 0.4) is 0 Å². The van der Waals surface area contributed by atoms with Crippen LogP contribution in [0, 0.1) is 0 Å². The van der Waals surface area contributed by atoms with E-state index in [1.54, 1.807) is 0 Å². The second kappa shape index (κ2) is 9.20. The summed E-state index contributed by atoms with van der Waals surface area (Å²) in [6.07, 6.45) is 2.64. The number of nitrogens with one attached hydrogen (secondary N) is 1. The third-order valence-corrected chi connectivity index (χ3v) is 4.57. The van der Waals surface area contributed by atoms with Crippen molar-refractivity contribution in [1.82, 2.24) is 10.3 Å². The fraction of sp³-hybridized carbons (Fsp3) is 0.316. The fourth-order valence-electron chi connectivity index (χ4n) is 2.95. The smallest absolute Gasteiger partial charge is 0.147 e. The van der Waals surface area contributed by atoms with Crippen LogP contribution < -0.4 is 16.0 Å². The Balaban J connectivity index is 0.00000225. The molecule has 0 spiro atoms. The maximum absolute atomic E-state index is 6.48. The lowest BCUT2D eigenvalue weighted by atomic mass is 9.99. The van der Waals surface area contributed by atoms with E-state index in [2.05, 4.69) is 33.9 Å². The molecule has 1 aromatic heterocycles. The zero-order chi connectivity index (χ0) is 16.9. The Morgan fingerprint density at radius 1 is 1.24 bits per heavy atom. The van der Waals surface area contributed by atoms with Crippen LogP contribution in [0.1, 0.15) is 16.7 Å². The van der Waals surface area contributed by atoms with Crippen LogP contribution in [0.5, 0.6) is 0 Å². The van der Waals surface area contributed by atoms with Gasteiger partial charge in [0.15, 0.2) is 0 Å². The van der Waals surface area contributed by atoms with E-state index in [0.29, 0.717) is 11.6 Å². The average Bonchev–Trinajstić information content (AvgIpc) is 2.62. The number of aromatic nitrogens is 1. The molecule has 2 aromatic rings. The van der Waals surface area contributed by atoms with Gasteiger partial charge < -0.3 is 16.0 Å². The summed E-state index contributed by atoms with van der Waals surface area (Å²) in [5.74, 6) is 0.861. The first-order chi connectivity index (χ1) is 11.7. The van der Waals surface area contributed by atoms with E-state index >= 15 is 0 Å². The maximum atomic E-state index is 6.48. The Kier molecular flexibility index (Phi) is 7.26. The molecule has 1 fully saturated rings. The van der Waals surface area contributed by atoms with Crippen molar-refractivity contribution in [2.75, 3.05) is 31.1 Å². The predicted octanol–water partition coefficient (Wildman–Crippen LogP) is 3.28. The van der Waals surface area contributed by atoms with Gasteiger partial charge >= 0.3 is 0 Å². The highest BCUT2D eigenvalue weighted by Gasteiger charge is 2.15. The third-order valence-electron chi connectivity index (χ3n) is 4.29. The molecule has 1 aliphatic rings. The summed E-state index contributed by atoms with van der Waals surface area (Å²) in [5.41, 5.74) is 10.0. The minimum atomic E-state index is 0. The van der Waals surface area contributed by atoms with Crippen molar-refractivity contribution in [3.63, 3.8) is 0 Å². The van der Waals surface area contributed by atoms with Gasteiger partial charge in [-0.1, -0.05) is 42.4 Å². The van der Waals surface area contributed by atoms with E-state index in [9.17, 15) is 0 Å². The highest BCUT2D eigenvalue weighted by atomic mass is 35.5. The normalized spacial score (nSPS) is 14.1. The molecule has 0 amide bonds. The van der Waals surface area contributed by atoms with Crippen molar-refractivity contribution in [3.8, 4) is 0 Å². The first kappa shape index (κ1) is 19.7. The number of hydrogen-bond donors (Lipinski definition) is 2. The van der Waals surface area contributed by atoms with Gasteiger partial charge in [0.25, 0.3) is 0 Å². The Bertz CT molecular complexity index is 727. The zero-order valence-corrected chi connectivity index (χ0v) is 15.7. The largest absolute Gasteiger partial charge is 0.353 e. The number of benzene rings is 1. The standard InChI is InChI=1S/C19H23ClN4.ClH/c1-14(9-15-3-2-4-16(10-15)12-21)17-11-18(20)19(23-13-17)24-7-5-22-6-8-24;/h2-4,10-11,13,22H,1,5-9,12,21H2;1H. The summed E-state index contributed by atoms with van der Waals surface area (Å²) in [7, 11) is 0. The molecule has 3 rings (SSSR count). The summed E-state index contributed by atoms with van der Waals surface area (Å²) in [6.45, 7) is 8.54. The molecule has 25 heavy (non-hydrogen) atoms. The molecule has 0 radical (unpaired) electrons. The van der Waals surface area contributed by atoms with Crippen LogP contribution in [0.15, 0.2) is 43.1 Å². The van der Waals surface area contributed by atoms with Crippen LogP contribution in [0.25, 0.3) is 5.57 Å². The van der Waals surface area contributed by atoms with Crippen molar-refractivity contribution >= 4 is 35.4 Å². The third kappa shape index (κ3) is 4.95. The number of halogens is 2. The minimum Gasteiger partial charge on any atom is -0.353 e. The van der Waals surface area contributed by atoms with Gasteiger partial charge in [0, 0.05) is 38.9 Å². The number of rotatable bonds is 5. The van der Waals surface area contributed by atoms with Gasteiger partial charge in [-0.15, -0.1) is 12.4 Å². The van der Waals surface area contributed by atoms with Crippen LogP contribution in [-0.4, -0.2) is 31.2 Å². The van der Waals surface area contributed by atoms with Gasteiger partial charge in [-0.2, -0.15) is 0 Å². The van der Waals surface area contributed by atoms with E-state index in [1.807, 2.05) is 24.4 Å². The highest BCUT2D eigenvalue weighted by molar-refractivity contribution is 6.33. The van der Waals surface area contributed by atoms with Crippen molar-refractivity contribution in [2.24, 2.45) is 5.73 Å². The quantitative estimate of drug-likeness (QED) is 0.837. The monoisotopic (exact) mass is 378 g/mol. The molecular weight excluding hydrogens is 355 g/mol. The number of pyridine rings is 1.